The SMILES string of the molecule is CCCCNC(=O)[C@H](C)N(Cc1cccc(Cl)c1)C(=O)COc1ccccc1C(C)C. The number of halogens is 1. The van der Waals surface area contributed by atoms with E-state index in [2.05, 4.69) is 26.1 Å². The van der Waals surface area contributed by atoms with Crippen molar-refractivity contribution < 1.29 is 14.3 Å². The van der Waals surface area contributed by atoms with Gasteiger partial charge in [0.1, 0.15) is 11.8 Å². The Morgan fingerprint density at radius 3 is 2.52 bits per heavy atom. The highest BCUT2D eigenvalue weighted by molar-refractivity contribution is 6.30. The van der Waals surface area contributed by atoms with Gasteiger partial charge >= 0.3 is 0 Å². The van der Waals surface area contributed by atoms with Crippen LogP contribution >= 0.6 is 11.6 Å². The van der Waals surface area contributed by atoms with Gasteiger partial charge in [0, 0.05) is 18.1 Å². The van der Waals surface area contributed by atoms with Crippen LogP contribution in [0, 0.1) is 0 Å². The Morgan fingerprint density at radius 2 is 1.84 bits per heavy atom. The first-order valence-electron chi connectivity index (χ1n) is 10.9. The lowest BCUT2D eigenvalue weighted by Gasteiger charge is -2.29. The highest BCUT2D eigenvalue weighted by Crippen LogP contribution is 2.26. The van der Waals surface area contributed by atoms with Crippen LogP contribution < -0.4 is 10.1 Å². The fourth-order valence-electron chi connectivity index (χ4n) is 3.26. The predicted molar refractivity (Wildman–Crippen MR) is 125 cm³/mol. The maximum atomic E-state index is 13.2. The van der Waals surface area contributed by atoms with Gasteiger partial charge in [-0.15, -0.1) is 0 Å². The van der Waals surface area contributed by atoms with E-state index in [1.165, 1.54) is 0 Å². The van der Waals surface area contributed by atoms with Crippen molar-refractivity contribution >= 4 is 23.4 Å². The highest BCUT2D eigenvalue weighted by atomic mass is 35.5. The summed E-state index contributed by atoms with van der Waals surface area (Å²) in [7, 11) is 0. The van der Waals surface area contributed by atoms with E-state index >= 15 is 0 Å². The summed E-state index contributed by atoms with van der Waals surface area (Å²) in [5, 5.41) is 3.50. The molecule has 31 heavy (non-hydrogen) atoms. The van der Waals surface area contributed by atoms with Gasteiger partial charge in [-0.2, -0.15) is 0 Å². The van der Waals surface area contributed by atoms with Crippen LogP contribution in [0.1, 0.15) is 57.6 Å². The van der Waals surface area contributed by atoms with Crippen molar-refractivity contribution in [3.8, 4) is 5.75 Å². The van der Waals surface area contributed by atoms with Gasteiger partial charge in [-0.05, 0) is 48.6 Å². The molecule has 2 rings (SSSR count). The third-order valence-electron chi connectivity index (χ3n) is 5.13. The molecule has 2 aromatic carbocycles. The van der Waals surface area contributed by atoms with Crippen LogP contribution in [-0.2, 0) is 16.1 Å². The highest BCUT2D eigenvalue weighted by Gasteiger charge is 2.26. The molecule has 0 saturated heterocycles. The largest absolute Gasteiger partial charge is 0.483 e. The summed E-state index contributed by atoms with van der Waals surface area (Å²) >= 11 is 6.12. The molecule has 0 aliphatic rings. The van der Waals surface area contributed by atoms with Crippen molar-refractivity contribution in [1.29, 1.82) is 0 Å². The first-order valence-corrected chi connectivity index (χ1v) is 11.2. The average Bonchev–Trinajstić information content (AvgIpc) is 2.75. The maximum Gasteiger partial charge on any atom is 0.261 e. The quantitative estimate of drug-likeness (QED) is 0.486. The Kier molecular flexibility index (Phi) is 9.86. The molecule has 2 aromatic rings. The van der Waals surface area contributed by atoms with E-state index in [0.717, 1.165) is 24.0 Å². The second-order valence-electron chi connectivity index (χ2n) is 7.95. The third-order valence-corrected chi connectivity index (χ3v) is 5.37. The average molecular weight is 445 g/mol. The van der Waals surface area contributed by atoms with Crippen LogP contribution in [0.15, 0.2) is 48.5 Å². The number of benzene rings is 2. The zero-order valence-corrected chi connectivity index (χ0v) is 19.6. The van der Waals surface area contributed by atoms with E-state index in [1.54, 1.807) is 24.0 Å². The smallest absolute Gasteiger partial charge is 0.261 e. The van der Waals surface area contributed by atoms with Gasteiger partial charge in [0.25, 0.3) is 5.91 Å². The molecule has 1 atom stereocenters. The van der Waals surface area contributed by atoms with Crippen LogP contribution in [0.25, 0.3) is 0 Å². The van der Waals surface area contributed by atoms with Crippen LogP contribution in [0.5, 0.6) is 5.75 Å². The number of hydrogen-bond donors (Lipinski definition) is 1. The first-order chi connectivity index (χ1) is 14.8. The number of carbonyl (C=O) groups is 2. The zero-order chi connectivity index (χ0) is 22.8. The summed E-state index contributed by atoms with van der Waals surface area (Å²) in [6.45, 7) is 8.70. The molecule has 168 valence electrons. The van der Waals surface area contributed by atoms with E-state index in [1.807, 2.05) is 36.4 Å². The van der Waals surface area contributed by atoms with Crippen molar-refractivity contribution in [2.75, 3.05) is 13.2 Å². The van der Waals surface area contributed by atoms with E-state index in [-0.39, 0.29) is 30.9 Å². The van der Waals surface area contributed by atoms with Crippen molar-refractivity contribution in [3.05, 3.63) is 64.7 Å². The Hall–Kier alpha value is -2.53. The van der Waals surface area contributed by atoms with E-state index in [0.29, 0.717) is 17.3 Å². The van der Waals surface area contributed by atoms with Gasteiger partial charge < -0.3 is 15.0 Å². The molecule has 2 amide bonds. The number of nitrogens with one attached hydrogen (secondary N) is 1. The topological polar surface area (TPSA) is 58.6 Å². The fourth-order valence-corrected chi connectivity index (χ4v) is 3.47. The monoisotopic (exact) mass is 444 g/mol. The molecule has 0 heterocycles. The summed E-state index contributed by atoms with van der Waals surface area (Å²) in [4.78, 5) is 27.4. The van der Waals surface area contributed by atoms with Crippen LogP contribution in [0.4, 0.5) is 0 Å². The molecule has 0 bridgehead atoms. The Balaban J connectivity index is 2.16. The summed E-state index contributed by atoms with van der Waals surface area (Å²) in [5.74, 6) is 0.536. The third kappa shape index (κ3) is 7.59. The Labute approximate surface area is 190 Å². The van der Waals surface area contributed by atoms with Gasteiger partial charge in [-0.25, -0.2) is 0 Å². The van der Waals surface area contributed by atoms with Gasteiger partial charge in [0.15, 0.2) is 6.61 Å². The minimum Gasteiger partial charge on any atom is -0.483 e. The Bertz CT molecular complexity index is 869. The normalized spacial score (nSPS) is 11.8. The molecule has 0 fully saturated rings. The van der Waals surface area contributed by atoms with Crippen LogP contribution in [0.3, 0.4) is 0 Å². The van der Waals surface area contributed by atoms with E-state index in [4.69, 9.17) is 16.3 Å². The standard InChI is InChI=1S/C25H33ClN2O3/c1-5-6-14-27-25(30)19(4)28(16-20-10-9-11-21(26)15-20)24(29)17-31-23-13-8-7-12-22(23)18(2)3/h7-13,15,18-19H,5-6,14,16-17H2,1-4H3,(H,27,30)/t19-/m0/s1. The van der Waals surface area contributed by atoms with Crippen molar-refractivity contribution in [3.63, 3.8) is 0 Å². The van der Waals surface area contributed by atoms with Gasteiger partial charge in [0.2, 0.25) is 5.91 Å². The molecule has 0 saturated carbocycles. The lowest BCUT2D eigenvalue weighted by Crippen LogP contribution is -2.49. The minimum absolute atomic E-state index is 0.142. The summed E-state index contributed by atoms with van der Waals surface area (Å²) in [6.07, 6.45) is 1.89. The minimum atomic E-state index is -0.632. The number of rotatable bonds is 11. The lowest BCUT2D eigenvalue weighted by atomic mass is 10.0. The number of carbonyl (C=O) groups excluding carboxylic acids is 2. The predicted octanol–water partition coefficient (Wildman–Crippen LogP) is 5.18. The summed E-state index contributed by atoms with van der Waals surface area (Å²) < 4.78 is 5.88. The number of ether oxygens (including phenoxy) is 1. The molecule has 0 aliphatic carbocycles. The number of nitrogens with zero attached hydrogens (tertiary/aromatic N) is 1. The van der Waals surface area contributed by atoms with E-state index < -0.39 is 6.04 Å². The van der Waals surface area contributed by atoms with Gasteiger partial charge in [0.05, 0.1) is 0 Å². The van der Waals surface area contributed by atoms with Crippen molar-refractivity contribution in [2.45, 2.75) is 59.0 Å². The lowest BCUT2D eigenvalue weighted by molar-refractivity contribution is -0.142. The van der Waals surface area contributed by atoms with Crippen molar-refractivity contribution in [1.82, 2.24) is 10.2 Å². The molecular weight excluding hydrogens is 412 g/mol. The maximum absolute atomic E-state index is 13.2. The number of amides is 2. The molecule has 0 aliphatic heterocycles. The summed E-state index contributed by atoms with van der Waals surface area (Å²) in [6, 6.07) is 14.4. The second kappa shape index (κ2) is 12.4. The number of para-hydroxylation sites is 1. The Morgan fingerprint density at radius 1 is 1.10 bits per heavy atom. The van der Waals surface area contributed by atoms with Crippen molar-refractivity contribution in [2.24, 2.45) is 0 Å². The molecule has 1 N–H and O–H groups in total. The fraction of sp³-hybridized carbons (Fsp3) is 0.440. The number of hydrogen-bond acceptors (Lipinski definition) is 3. The van der Waals surface area contributed by atoms with Gasteiger partial charge in [-0.1, -0.05) is 69.1 Å². The van der Waals surface area contributed by atoms with Crippen LogP contribution in [-0.4, -0.2) is 35.9 Å². The molecule has 0 radical (unpaired) electrons. The summed E-state index contributed by atoms with van der Waals surface area (Å²) in [5.41, 5.74) is 1.90. The molecule has 0 unspecified atom stereocenters. The number of unbranched alkanes of at least 4 members (excludes halogenated alkanes) is 1. The van der Waals surface area contributed by atoms with Crippen LogP contribution in [0.2, 0.25) is 5.02 Å². The molecule has 0 spiro atoms. The van der Waals surface area contributed by atoms with Gasteiger partial charge in [-0.3, -0.25) is 9.59 Å². The molecule has 6 heteroatoms. The second-order valence-corrected chi connectivity index (χ2v) is 8.39. The molecule has 0 aromatic heterocycles. The molecular formula is C25H33ClN2O3. The van der Waals surface area contributed by atoms with E-state index in [9.17, 15) is 9.59 Å². The zero-order valence-electron chi connectivity index (χ0n) is 18.9. The molecule has 5 nitrogen and oxygen atoms in total. The first kappa shape index (κ1) is 24.7.